The van der Waals surface area contributed by atoms with Gasteiger partial charge in [-0.15, -0.1) is 0 Å². The number of nitrogens with one attached hydrogen (secondary N) is 3. The monoisotopic (exact) mass is 299 g/mol. The Balaban J connectivity index is 2.00. The van der Waals surface area contributed by atoms with Crippen LogP contribution in [0.2, 0.25) is 0 Å². The first-order chi connectivity index (χ1) is 10.1. The Morgan fingerprint density at radius 1 is 0.952 bits per heavy atom. The van der Waals surface area contributed by atoms with Crippen molar-refractivity contribution in [3.05, 3.63) is 0 Å². The third kappa shape index (κ3) is 8.88. The van der Waals surface area contributed by atoms with E-state index in [9.17, 15) is 14.4 Å². The minimum absolute atomic E-state index is 0.0318. The van der Waals surface area contributed by atoms with Crippen LogP contribution in [0, 0.1) is 0 Å². The van der Waals surface area contributed by atoms with E-state index in [1.165, 1.54) is 19.3 Å². The van der Waals surface area contributed by atoms with Crippen LogP contribution in [0.4, 0.5) is 4.79 Å². The lowest BCUT2D eigenvalue weighted by molar-refractivity contribution is -0.137. The molecule has 1 fully saturated rings. The van der Waals surface area contributed by atoms with Gasteiger partial charge in [-0.2, -0.15) is 0 Å². The van der Waals surface area contributed by atoms with Crippen molar-refractivity contribution in [2.75, 3.05) is 13.1 Å². The highest BCUT2D eigenvalue weighted by Gasteiger charge is 2.15. The van der Waals surface area contributed by atoms with E-state index in [-0.39, 0.29) is 37.4 Å². The molecule has 7 nitrogen and oxygen atoms in total. The molecule has 0 saturated heterocycles. The van der Waals surface area contributed by atoms with Crippen LogP contribution in [0.5, 0.6) is 0 Å². The Labute approximate surface area is 124 Å². The van der Waals surface area contributed by atoms with Crippen molar-refractivity contribution in [3.8, 4) is 0 Å². The molecule has 0 atom stereocenters. The van der Waals surface area contributed by atoms with Crippen LogP contribution in [0.15, 0.2) is 0 Å². The predicted molar refractivity (Wildman–Crippen MR) is 77.9 cm³/mol. The maximum atomic E-state index is 11.7. The average Bonchev–Trinajstić information content (AvgIpc) is 2.44. The fourth-order valence-corrected chi connectivity index (χ4v) is 2.34. The van der Waals surface area contributed by atoms with Crippen molar-refractivity contribution in [1.82, 2.24) is 16.0 Å². The molecule has 0 heterocycles. The molecular formula is C14H25N3O4. The van der Waals surface area contributed by atoms with Crippen LogP contribution in [0.1, 0.15) is 51.4 Å². The van der Waals surface area contributed by atoms with E-state index < -0.39 is 5.97 Å². The molecule has 0 aliphatic heterocycles. The van der Waals surface area contributed by atoms with Gasteiger partial charge in [0.15, 0.2) is 0 Å². The van der Waals surface area contributed by atoms with Crippen LogP contribution >= 0.6 is 0 Å². The highest BCUT2D eigenvalue weighted by molar-refractivity contribution is 5.78. The number of carboxylic acid groups (broad SMARTS) is 1. The summed E-state index contributed by atoms with van der Waals surface area (Å²) in [5, 5.41) is 16.6. The summed E-state index contributed by atoms with van der Waals surface area (Å²) < 4.78 is 0. The predicted octanol–water partition coefficient (Wildman–Crippen LogP) is 0.989. The molecule has 0 unspecified atom stereocenters. The van der Waals surface area contributed by atoms with Gasteiger partial charge in [-0.1, -0.05) is 19.3 Å². The van der Waals surface area contributed by atoms with E-state index in [2.05, 4.69) is 16.0 Å². The molecule has 4 N–H and O–H groups in total. The Morgan fingerprint density at radius 3 is 2.29 bits per heavy atom. The molecule has 1 aliphatic carbocycles. The lowest BCUT2D eigenvalue weighted by Gasteiger charge is -2.22. The minimum Gasteiger partial charge on any atom is -0.481 e. The van der Waals surface area contributed by atoms with E-state index in [1.54, 1.807) is 0 Å². The molecule has 1 rings (SSSR count). The van der Waals surface area contributed by atoms with Gasteiger partial charge in [0.1, 0.15) is 0 Å². The molecule has 1 saturated carbocycles. The van der Waals surface area contributed by atoms with Gasteiger partial charge in [-0.05, 0) is 19.3 Å². The zero-order chi connectivity index (χ0) is 15.5. The smallest absolute Gasteiger partial charge is 0.314 e. The maximum absolute atomic E-state index is 11.7. The van der Waals surface area contributed by atoms with Gasteiger partial charge >= 0.3 is 12.0 Å². The van der Waals surface area contributed by atoms with Crippen molar-refractivity contribution in [3.63, 3.8) is 0 Å². The lowest BCUT2D eigenvalue weighted by atomic mass is 9.95. The van der Waals surface area contributed by atoms with Crippen molar-refractivity contribution in [2.24, 2.45) is 0 Å². The molecule has 0 aromatic heterocycles. The highest BCUT2D eigenvalue weighted by atomic mass is 16.4. The molecular weight excluding hydrogens is 274 g/mol. The van der Waals surface area contributed by atoms with Crippen LogP contribution in [0.25, 0.3) is 0 Å². The van der Waals surface area contributed by atoms with Gasteiger partial charge in [-0.25, -0.2) is 4.79 Å². The van der Waals surface area contributed by atoms with Gasteiger partial charge in [0.05, 0.1) is 0 Å². The summed E-state index contributed by atoms with van der Waals surface area (Å²) in [6.07, 6.45) is 6.36. The van der Waals surface area contributed by atoms with Gasteiger partial charge in [0.25, 0.3) is 0 Å². The van der Waals surface area contributed by atoms with Crippen molar-refractivity contribution >= 4 is 17.9 Å². The Morgan fingerprint density at radius 2 is 1.62 bits per heavy atom. The van der Waals surface area contributed by atoms with E-state index in [1.807, 2.05) is 0 Å². The van der Waals surface area contributed by atoms with Crippen molar-refractivity contribution in [1.29, 1.82) is 0 Å². The third-order valence-electron chi connectivity index (χ3n) is 3.46. The molecule has 0 aromatic carbocycles. The lowest BCUT2D eigenvalue weighted by Crippen LogP contribution is -2.40. The highest BCUT2D eigenvalue weighted by Crippen LogP contribution is 2.17. The molecule has 0 spiro atoms. The standard InChI is InChI=1S/C14H25N3O4/c18-12(17-11-5-2-1-3-6-11)8-10-16-14(21)15-9-4-7-13(19)20/h11H,1-10H2,(H,17,18)(H,19,20)(H2,15,16,21). The summed E-state index contributed by atoms with van der Waals surface area (Å²) in [6.45, 7) is 0.593. The molecule has 0 radical (unpaired) electrons. The van der Waals surface area contributed by atoms with E-state index in [0.29, 0.717) is 13.0 Å². The quantitative estimate of drug-likeness (QED) is 0.501. The summed E-state index contributed by atoms with van der Waals surface area (Å²) in [5.41, 5.74) is 0. The summed E-state index contributed by atoms with van der Waals surface area (Å²) in [7, 11) is 0. The van der Waals surface area contributed by atoms with E-state index in [4.69, 9.17) is 5.11 Å². The molecule has 3 amide bonds. The Bertz CT molecular complexity index is 354. The number of carbonyl (C=O) groups is 3. The number of carboxylic acids is 1. The van der Waals surface area contributed by atoms with Gasteiger partial charge < -0.3 is 21.1 Å². The summed E-state index contributed by atoms with van der Waals surface area (Å²) in [6, 6.07) is -0.0815. The number of aliphatic carboxylic acids is 1. The zero-order valence-corrected chi connectivity index (χ0v) is 12.3. The zero-order valence-electron chi connectivity index (χ0n) is 12.3. The maximum Gasteiger partial charge on any atom is 0.314 e. The number of amides is 3. The molecule has 0 bridgehead atoms. The van der Waals surface area contributed by atoms with Crippen LogP contribution in [-0.2, 0) is 9.59 Å². The van der Waals surface area contributed by atoms with Gasteiger partial charge in [0, 0.05) is 32.0 Å². The fraction of sp³-hybridized carbons (Fsp3) is 0.786. The number of rotatable bonds is 8. The van der Waals surface area contributed by atoms with Crippen molar-refractivity contribution in [2.45, 2.75) is 57.4 Å². The molecule has 21 heavy (non-hydrogen) atoms. The SMILES string of the molecule is O=C(O)CCCNC(=O)NCCC(=O)NC1CCCCC1. The number of urea groups is 1. The third-order valence-corrected chi connectivity index (χ3v) is 3.46. The minimum atomic E-state index is -0.878. The van der Waals surface area contributed by atoms with E-state index in [0.717, 1.165) is 12.8 Å². The number of carbonyl (C=O) groups excluding carboxylic acids is 2. The molecule has 0 aromatic rings. The average molecular weight is 299 g/mol. The first-order valence-electron chi connectivity index (χ1n) is 7.61. The molecule has 7 heteroatoms. The van der Waals surface area contributed by atoms with Crippen LogP contribution in [0.3, 0.4) is 0 Å². The second-order valence-electron chi connectivity index (χ2n) is 5.33. The molecule has 1 aliphatic rings. The Hall–Kier alpha value is -1.79. The van der Waals surface area contributed by atoms with Crippen LogP contribution in [-0.4, -0.2) is 42.1 Å². The first kappa shape index (κ1) is 17.3. The normalized spacial score (nSPS) is 15.2. The summed E-state index contributed by atoms with van der Waals surface area (Å²) >= 11 is 0. The fourth-order valence-electron chi connectivity index (χ4n) is 2.34. The number of hydrogen-bond acceptors (Lipinski definition) is 3. The Kier molecular flexibility index (Phi) is 8.23. The second kappa shape index (κ2) is 10.0. The molecule has 120 valence electrons. The van der Waals surface area contributed by atoms with Gasteiger partial charge in [-0.3, -0.25) is 9.59 Å². The largest absolute Gasteiger partial charge is 0.481 e. The second-order valence-corrected chi connectivity index (χ2v) is 5.33. The topological polar surface area (TPSA) is 108 Å². The number of hydrogen-bond donors (Lipinski definition) is 4. The van der Waals surface area contributed by atoms with E-state index >= 15 is 0 Å². The summed E-state index contributed by atoms with van der Waals surface area (Å²) in [5.74, 6) is -0.912. The summed E-state index contributed by atoms with van der Waals surface area (Å²) in [4.78, 5) is 33.3. The first-order valence-corrected chi connectivity index (χ1v) is 7.61. The van der Waals surface area contributed by atoms with Crippen molar-refractivity contribution < 1.29 is 19.5 Å². The van der Waals surface area contributed by atoms with Crippen LogP contribution < -0.4 is 16.0 Å². The van der Waals surface area contributed by atoms with Gasteiger partial charge in [0.2, 0.25) is 5.91 Å².